The molecule has 0 unspecified atom stereocenters. The third-order valence-electron chi connectivity index (χ3n) is 5.29. The first-order valence-electron chi connectivity index (χ1n) is 10.8. The smallest absolute Gasteiger partial charge is 0.343 e. The van der Waals surface area contributed by atoms with E-state index in [1.54, 1.807) is 67.8 Å². The van der Waals surface area contributed by atoms with Gasteiger partial charge in [0.25, 0.3) is 0 Å². The zero-order valence-corrected chi connectivity index (χ0v) is 19.0. The Morgan fingerprint density at radius 3 is 1.50 bits per heavy atom. The minimum Gasteiger partial charge on any atom is -0.497 e. The minimum atomic E-state index is -0.444. The van der Waals surface area contributed by atoms with E-state index in [4.69, 9.17) is 14.2 Å². The molecule has 4 aromatic carbocycles. The zero-order valence-electron chi connectivity index (χ0n) is 19.0. The van der Waals surface area contributed by atoms with Crippen LogP contribution in [0.5, 0.6) is 23.0 Å². The largest absolute Gasteiger partial charge is 0.497 e. The minimum absolute atomic E-state index is 0.00120. The molecule has 0 amide bonds. The molecule has 0 bridgehead atoms. The number of ketones is 1. The van der Waals surface area contributed by atoms with Crippen molar-refractivity contribution in [1.29, 1.82) is 0 Å². The highest BCUT2D eigenvalue weighted by atomic mass is 16.5. The first-order valence-corrected chi connectivity index (χ1v) is 10.8. The van der Waals surface area contributed by atoms with Crippen LogP contribution in [0.3, 0.4) is 0 Å². The van der Waals surface area contributed by atoms with E-state index >= 15 is 0 Å². The Kier molecular flexibility index (Phi) is 7.04. The predicted molar refractivity (Wildman–Crippen MR) is 130 cm³/mol. The van der Waals surface area contributed by atoms with Gasteiger partial charge in [-0.1, -0.05) is 24.3 Å². The standard InChI is InChI=1S/C29H24O5/c1-20(30)23-7-15-26(16-8-23)33-27-17-9-24(10-18-27)29(31)34-28-13-5-22(6-14-28)19-21-3-11-25(32-2)12-4-21/h3-18H,19H2,1-2H3. The maximum atomic E-state index is 12.5. The van der Waals surface area contributed by atoms with Gasteiger partial charge < -0.3 is 14.2 Å². The van der Waals surface area contributed by atoms with Crippen molar-refractivity contribution in [3.8, 4) is 23.0 Å². The molecule has 170 valence electrons. The van der Waals surface area contributed by atoms with Gasteiger partial charge in [-0.2, -0.15) is 0 Å². The fourth-order valence-electron chi connectivity index (χ4n) is 3.37. The topological polar surface area (TPSA) is 61.8 Å². The van der Waals surface area contributed by atoms with Crippen LogP contribution in [0, 0.1) is 0 Å². The van der Waals surface area contributed by atoms with E-state index < -0.39 is 5.97 Å². The monoisotopic (exact) mass is 452 g/mol. The Morgan fingerprint density at radius 1 is 0.588 bits per heavy atom. The van der Waals surface area contributed by atoms with Gasteiger partial charge in [0.2, 0.25) is 0 Å². The summed E-state index contributed by atoms with van der Waals surface area (Å²) in [7, 11) is 1.65. The summed E-state index contributed by atoms with van der Waals surface area (Å²) in [5, 5.41) is 0. The second-order valence-electron chi connectivity index (χ2n) is 7.77. The van der Waals surface area contributed by atoms with Crippen LogP contribution < -0.4 is 14.2 Å². The number of methoxy groups -OCH3 is 1. The number of Topliss-reactive ketones (excluding diaryl/α,β-unsaturated/α-hetero) is 1. The maximum Gasteiger partial charge on any atom is 0.343 e. The molecule has 34 heavy (non-hydrogen) atoms. The second-order valence-corrected chi connectivity index (χ2v) is 7.77. The number of esters is 1. The Morgan fingerprint density at radius 2 is 1.03 bits per heavy atom. The Bertz CT molecular complexity index is 1260. The number of ether oxygens (including phenoxy) is 3. The molecule has 0 saturated heterocycles. The Labute approximate surface area is 198 Å². The summed E-state index contributed by atoms with van der Waals surface area (Å²) in [5.41, 5.74) is 3.33. The van der Waals surface area contributed by atoms with Gasteiger partial charge in [-0.25, -0.2) is 4.79 Å². The van der Waals surface area contributed by atoms with Gasteiger partial charge >= 0.3 is 5.97 Å². The van der Waals surface area contributed by atoms with E-state index in [2.05, 4.69) is 0 Å². The van der Waals surface area contributed by atoms with Gasteiger partial charge in [0, 0.05) is 5.56 Å². The molecule has 5 heteroatoms. The van der Waals surface area contributed by atoms with Crippen molar-refractivity contribution in [2.45, 2.75) is 13.3 Å². The van der Waals surface area contributed by atoms with Crippen LogP contribution in [0.25, 0.3) is 0 Å². The van der Waals surface area contributed by atoms with Crippen LogP contribution >= 0.6 is 0 Å². The number of hydrogen-bond donors (Lipinski definition) is 0. The molecule has 4 rings (SSSR count). The van der Waals surface area contributed by atoms with Gasteiger partial charge in [0.1, 0.15) is 23.0 Å². The molecule has 0 aliphatic carbocycles. The van der Waals surface area contributed by atoms with Crippen molar-refractivity contribution in [2.24, 2.45) is 0 Å². The van der Waals surface area contributed by atoms with Gasteiger partial charge in [-0.3, -0.25) is 4.79 Å². The average molecular weight is 453 g/mol. The maximum absolute atomic E-state index is 12.5. The molecule has 0 spiro atoms. The average Bonchev–Trinajstić information content (AvgIpc) is 2.86. The molecule has 0 radical (unpaired) electrons. The molecule has 0 N–H and O–H groups in total. The van der Waals surface area contributed by atoms with E-state index in [0.29, 0.717) is 28.4 Å². The van der Waals surface area contributed by atoms with Crippen LogP contribution in [0.15, 0.2) is 97.1 Å². The summed E-state index contributed by atoms with van der Waals surface area (Å²) in [6.07, 6.45) is 0.775. The molecule has 0 aliphatic heterocycles. The van der Waals surface area contributed by atoms with Gasteiger partial charge in [0.05, 0.1) is 12.7 Å². The highest BCUT2D eigenvalue weighted by molar-refractivity contribution is 5.94. The van der Waals surface area contributed by atoms with Crippen molar-refractivity contribution in [2.75, 3.05) is 7.11 Å². The number of benzene rings is 4. The predicted octanol–water partition coefficient (Wildman–Crippen LogP) is 6.50. The van der Waals surface area contributed by atoms with Gasteiger partial charge in [0.15, 0.2) is 5.78 Å². The van der Waals surface area contributed by atoms with Crippen molar-refractivity contribution in [1.82, 2.24) is 0 Å². The van der Waals surface area contributed by atoms with E-state index in [9.17, 15) is 9.59 Å². The number of carbonyl (C=O) groups is 2. The summed E-state index contributed by atoms with van der Waals surface area (Å²) in [5.74, 6) is 2.05. The third-order valence-corrected chi connectivity index (χ3v) is 5.29. The normalized spacial score (nSPS) is 10.4. The fraction of sp³-hybridized carbons (Fsp3) is 0.103. The van der Waals surface area contributed by atoms with Crippen LogP contribution in [0.1, 0.15) is 38.8 Å². The summed E-state index contributed by atoms with van der Waals surface area (Å²) in [6.45, 7) is 1.52. The number of hydrogen-bond acceptors (Lipinski definition) is 5. The Hall–Kier alpha value is -4.38. The highest BCUT2D eigenvalue weighted by Gasteiger charge is 2.10. The Balaban J connectivity index is 1.33. The van der Waals surface area contributed by atoms with Crippen molar-refractivity contribution >= 4 is 11.8 Å². The molecule has 0 aliphatic rings. The first kappa shape index (κ1) is 22.8. The molecule has 0 atom stereocenters. The van der Waals surface area contributed by atoms with Crippen molar-refractivity contribution in [3.05, 3.63) is 119 Å². The zero-order chi connectivity index (χ0) is 23.9. The first-order chi connectivity index (χ1) is 16.5. The summed E-state index contributed by atoms with van der Waals surface area (Å²) in [4.78, 5) is 23.9. The molecule has 4 aromatic rings. The molecule has 0 heterocycles. The van der Waals surface area contributed by atoms with Crippen LogP contribution in [0.4, 0.5) is 0 Å². The summed E-state index contributed by atoms with van der Waals surface area (Å²) in [6, 6.07) is 29.0. The van der Waals surface area contributed by atoms with Crippen molar-refractivity contribution < 1.29 is 23.8 Å². The molecular formula is C29H24O5. The van der Waals surface area contributed by atoms with Crippen LogP contribution in [-0.4, -0.2) is 18.9 Å². The van der Waals surface area contributed by atoms with E-state index in [0.717, 1.165) is 17.7 Å². The summed E-state index contributed by atoms with van der Waals surface area (Å²) < 4.78 is 16.5. The van der Waals surface area contributed by atoms with Crippen molar-refractivity contribution in [3.63, 3.8) is 0 Å². The number of rotatable bonds is 8. The van der Waals surface area contributed by atoms with E-state index in [1.807, 2.05) is 36.4 Å². The van der Waals surface area contributed by atoms with Gasteiger partial charge in [-0.05, 0) is 97.3 Å². The van der Waals surface area contributed by atoms with Gasteiger partial charge in [-0.15, -0.1) is 0 Å². The molecule has 0 fully saturated rings. The lowest BCUT2D eigenvalue weighted by Gasteiger charge is -2.08. The van der Waals surface area contributed by atoms with Crippen LogP contribution in [-0.2, 0) is 6.42 Å². The highest BCUT2D eigenvalue weighted by Crippen LogP contribution is 2.23. The van der Waals surface area contributed by atoms with E-state index in [-0.39, 0.29) is 5.78 Å². The lowest BCUT2D eigenvalue weighted by Crippen LogP contribution is -2.08. The molecular weight excluding hydrogens is 428 g/mol. The second kappa shape index (κ2) is 10.5. The lowest BCUT2D eigenvalue weighted by molar-refractivity contribution is 0.0734. The molecule has 5 nitrogen and oxygen atoms in total. The molecule has 0 aromatic heterocycles. The van der Waals surface area contributed by atoms with Crippen LogP contribution in [0.2, 0.25) is 0 Å². The molecule has 0 saturated carbocycles. The van der Waals surface area contributed by atoms with E-state index in [1.165, 1.54) is 12.5 Å². The third kappa shape index (κ3) is 5.90. The fourth-order valence-corrected chi connectivity index (χ4v) is 3.37. The SMILES string of the molecule is COc1ccc(Cc2ccc(OC(=O)c3ccc(Oc4ccc(C(C)=O)cc4)cc3)cc2)cc1. The lowest BCUT2D eigenvalue weighted by atomic mass is 10.0. The summed E-state index contributed by atoms with van der Waals surface area (Å²) >= 11 is 0. The number of carbonyl (C=O) groups excluding carboxylic acids is 2. The quantitative estimate of drug-likeness (QED) is 0.173.